The first-order chi connectivity index (χ1) is 10.1. The molecular weight excluding hydrogens is 274 g/mol. The average Bonchev–Trinajstić information content (AvgIpc) is 2.95. The lowest BCUT2D eigenvalue weighted by Gasteiger charge is -2.28. The first-order valence-electron chi connectivity index (χ1n) is 7.40. The molecule has 0 spiro atoms. The molecule has 7 heteroatoms. The minimum atomic E-state index is -0.333. The number of rotatable bonds is 6. The quantitative estimate of drug-likeness (QED) is 0.690. The Morgan fingerprint density at radius 3 is 2.90 bits per heavy atom. The number of nitrogens with zero attached hydrogens (tertiary/aromatic N) is 2. The Bertz CT molecular complexity index is 451. The van der Waals surface area contributed by atoms with E-state index in [1.807, 2.05) is 6.92 Å². The van der Waals surface area contributed by atoms with E-state index in [1.165, 1.54) is 0 Å². The molecule has 1 saturated heterocycles. The van der Waals surface area contributed by atoms with E-state index < -0.39 is 0 Å². The summed E-state index contributed by atoms with van der Waals surface area (Å²) in [5, 5.41) is 25.0. The minimum Gasteiger partial charge on any atom is -0.394 e. The molecule has 0 radical (unpaired) electrons. The van der Waals surface area contributed by atoms with Crippen LogP contribution in [0.3, 0.4) is 0 Å². The molecule has 0 bridgehead atoms. The zero-order valence-corrected chi connectivity index (χ0v) is 12.3. The summed E-state index contributed by atoms with van der Waals surface area (Å²) >= 11 is 0. The van der Waals surface area contributed by atoms with Crippen LogP contribution in [0.2, 0.25) is 0 Å². The number of hydrogen-bond acceptors (Lipinski definition) is 6. The Morgan fingerprint density at radius 2 is 2.29 bits per heavy atom. The lowest BCUT2D eigenvalue weighted by Crippen LogP contribution is -2.37. The van der Waals surface area contributed by atoms with E-state index in [4.69, 9.17) is 9.63 Å². The average molecular weight is 297 g/mol. The van der Waals surface area contributed by atoms with Gasteiger partial charge in [-0.05, 0) is 19.3 Å². The predicted octanol–water partition coefficient (Wildman–Crippen LogP) is 0.132. The third kappa shape index (κ3) is 4.52. The minimum absolute atomic E-state index is 0.0942. The number of nitrogens with one attached hydrogen (secondary N) is 1. The smallest absolute Gasteiger partial charge is 0.273 e. The highest BCUT2D eigenvalue weighted by molar-refractivity contribution is 5.92. The Hall–Kier alpha value is -1.44. The second kappa shape index (κ2) is 7.53. The molecule has 2 rings (SSSR count). The van der Waals surface area contributed by atoms with Gasteiger partial charge in [-0.1, -0.05) is 12.1 Å². The monoisotopic (exact) mass is 297 g/mol. The van der Waals surface area contributed by atoms with Gasteiger partial charge in [-0.3, -0.25) is 9.69 Å². The van der Waals surface area contributed by atoms with Crippen LogP contribution in [0.25, 0.3) is 0 Å². The molecular formula is C14H23N3O4. The third-order valence-electron chi connectivity index (χ3n) is 3.78. The number of hydrogen-bond donors (Lipinski definition) is 3. The van der Waals surface area contributed by atoms with Gasteiger partial charge in [0, 0.05) is 19.2 Å². The molecule has 21 heavy (non-hydrogen) atoms. The molecule has 0 unspecified atom stereocenters. The zero-order chi connectivity index (χ0) is 15.2. The summed E-state index contributed by atoms with van der Waals surface area (Å²) < 4.78 is 5.19. The van der Waals surface area contributed by atoms with Crippen molar-refractivity contribution < 1.29 is 19.5 Å². The van der Waals surface area contributed by atoms with Crippen LogP contribution >= 0.6 is 0 Å². The maximum atomic E-state index is 11.9. The van der Waals surface area contributed by atoms with Crippen molar-refractivity contribution in [1.82, 2.24) is 15.4 Å². The van der Waals surface area contributed by atoms with Crippen LogP contribution in [0, 0.1) is 0 Å². The summed E-state index contributed by atoms with van der Waals surface area (Å²) in [5.74, 6) is 0.300. The first kappa shape index (κ1) is 15.9. The van der Waals surface area contributed by atoms with E-state index in [2.05, 4.69) is 15.4 Å². The molecule has 1 amide bonds. The Balaban J connectivity index is 1.87. The third-order valence-corrected chi connectivity index (χ3v) is 3.78. The van der Waals surface area contributed by atoms with E-state index in [9.17, 15) is 9.90 Å². The molecule has 0 aliphatic carbocycles. The molecule has 1 aliphatic heterocycles. The van der Waals surface area contributed by atoms with Gasteiger partial charge in [-0.15, -0.1) is 0 Å². The van der Waals surface area contributed by atoms with Crippen molar-refractivity contribution in [1.29, 1.82) is 0 Å². The van der Waals surface area contributed by atoms with Crippen molar-refractivity contribution in [3.8, 4) is 0 Å². The van der Waals surface area contributed by atoms with Gasteiger partial charge < -0.3 is 20.1 Å². The van der Waals surface area contributed by atoms with E-state index in [1.54, 1.807) is 6.07 Å². The van der Waals surface area contributed by atoms with Gasteiger partial charge in [0.25, 0.3) is 5.91 Å². The Labute approximate surface area is 123 Å². The van der Waals surface area contributed by atoms with Crippen LogP contribution in [-0.4, -0.2) is 58.0 Å². The summed E-state index contributed by atoms with van der Waals surface area (Å²) in [4.78, 5) is 14.1. The SMILES string of the molecule is CC[C@H](CO)NC(=O)c1cc(CN2CCC(O)CC2)on1. The number of piperidine rings is 1. The summed E-state index contributed by atoms with van der Waals surface area (Å²) in [5.41, 5.74) is 0.231. The van der Waals surface area contributed by atoms with Crippen molar-refractivity contribution in [2.24, 2.45) is 0 Å². The molecule has 7 nitrogen and oxygen atoms in total. The molecule has 1 aliphatic rings. The van der Waals surface area contributed by atoms with Gasteiger partial charge in [-0.2, -0.15) is 0 Å². The largest absolute Gasteiger partial charge is 0.394 e. The van der Waals surface area contributed by atoms with Crippen molar-refractivity contribution in [2.45, 2.75) is 44.9 Å². The fourth-order valence-corrected chi connectivity index (χ4v) is 2.33. The lowest BCUT2D eigenvalue weighted by atomic mass is 10.1. The molecule has 1 aromatic heterocycles. The predicted molar refractivity (Wildman–Crippen MR) is 75.7 cm³/mol. The summed E-state index contributed by atoms with van der Waals surface area (Å²) in [6.45, 7) is 4.01. The summed E-state index contributed by atoms with van der Waals surface area (Å²) in [7, 11) is 0. The highest BCUT2D eigenvalue weighted by Gasteiger charge is 2.20. The van der Waals surface area contributed by atoms with Gasteiger partial charge in [-0.25, -0.2) is 0 Å². The fraction of sp³-hybridized carbons (Fsp3) is 0.714. The van der Waals surface area contributed by atoms with Crippen molar-refractivity contribution in [3.05, 3.63) is 17.5 Å². The Morgan fingerprint density at radius 1 is 1.57 bits per heavy atom. The van der Waals surface area contributed by atoms with Crippen LogP contribution in [0.15, 0.2) is 10.6 Å². The topological polar surface area (TPSA) is 98.8 Å². The zero-order valence-electron chi connectivity index (χ0n) is 12.3. The molecule has 3 N–H and O–H groups in total. The standard InChI is InChI=1S/C14H23N3O4/c1-2-10(9-18)15-14(20)13-7-12(21-16-13)8-17-5-3-11(19)4-6-17/h7,10-11,18-19H,2-6,8-9H2,1H3,(H,15,20)/t10-/m1/s1. The number of carbonyl (C=O) groups is 1. The highest BCUT2D eigenvalue weighted by Crippen LogP contribution is 2.14. The molecule has 0 saturated carbocycles. The fourth-order valence-electron chi connectivity index (χ4n) is 2.33. The number of aromatic nitrogens is 1. The van der Waals surface area contributed by atoms with E-state index >= 15 is 0 Å². The van der Waals surface area contributed by atoms with Crippen LogP contribution in [0.4, 0.5) is 0 Å². The lowest BCUT2D eigenvalue weighted by molar-refractivity contribution is 0.0748. The maximum absolute atomic E-state index is 11.9. The maximum Gasteiger partial charge on any atom is 0.273 e. The van der Waals surface area contributed by atoms with Gasteiger partial charge >= 0.3 is 0 Å². The number of amides is 1. The highest BCUT2D eigenvalue weighted by atomic mass is 16.5. The van der Waals surface area contributed by atoms with E-state index in [-0.39, 0.29) is 30.4 Å². The van der Waals surface area contributed by atoms with Crippen molar-refractivity contribution in [3.63, 3.8) is 0 Å². The number of likely N-dealkylation sites (tertiary alicyclic amines) is 1. The van der Waals surface area contributed by atoms with Crippen molar-refractivity contribution >= 4 is 5.91 Å². The van der Waals surface area contributed by atoms with Crippen molar-refractivity contribution in [2.75, 3.05) is 19.7 Å². The van der Waals surface area contributed by atoms with E-state index in [0.29, 0.717) is 18.7 Å². The normalized spacial score (nSPS) is 18.6. The van der Waals surface area contributed by atoms with Gasteiger partial charge in [0.1, 0.15) is 0 Å². The van der Waals surface area contributed by atoms with Crippen LogP contribution in [0.1, 0.15) is 42.4 Å². The second-order valence-corrected chi connectivity index (χ2v) is 5.45. The van der Waals surface area contributed by atoms with Gasteiger partial charge in [0.05, 0.1) is 25.3 Å². The van der Waals surface area contributed by atoms with Gasteiger partial charge in [0.15, 0.2) is 11.5 Å². The number of aliphatic hydroxyl groups is 2. The van der Waals surface area contributed by atoms with Crippen LogP contribution in [-0.2, 0) is 6.54 Å². The van der Waals surface area contributed by atoms with Gasteiger partial charge in [0.2, 0.25) is 0 Å². The molecule has 1 fully saturated rings. The molecule has 1 aromatic rings. The molecule has 2 heterocycles. The number of aliphatic hydroxyl groups excluding tert-OH is 2. The second-order valence-electron chi connectivity index (χ2n) is 5.45. The van der Waals surface area contributed by atoms with Crippen LogP contribution in [0.5, 0.6) is 0 Å². The molecule has 118 valence electrons. The molecule has 1 atom stereocenters. The summed E-state index contributed by atoms with van der Waals surface area (Å²) in [6, 6.07) is 1.37. The first-order valence-corrected chi connectivity index (χ1v) is 7.40. The summed E-state index contributed by atoms with van der Waals surface area (Å²) in [6.07, 6.45) is 1.97. The Kier molecular flexibility index (Phi) is 5.72. The van der Waals surface area contributed by atoms with E-state index in [0.717, 1.165) is 25.9 Å². The molecule has 0 aromatic carbocycles. The number of carbonyl (C=O) groups excluding carboxylic acids is 1. The van der Waals surface area contributed by atoms with Crippen LogP contribution < -0.4 is 5.32 Å².